The lowest BCUT2D eigenvalue weighted by molar-refractivity contribution is -0.505. The first-order valence-electron chi connectivity index (χ1n) is 7.06. The summed E-state index contributed by atoms with van der Waals surface area (Å²) in [5, 5.41) is 9.59. The monoisotopic (exact) mass is 254 g/mol. The van der Waals surface area contributed by atoms with E-state index in [-0.39, 0.29) is 11.5 Å². The standard InChI is InChI=1S/C10H18N2.C4H8O2/c11-9-2-7-1-8(4-9)5-10(12,3-7)6-9;1-3(2)4(5)6/h7-8H,1-6,11-12H2;3H,1-2H3,(H,5,6). The number of quaternary nitrogens is 1. The van der Waals surface area contributed by atoms with Crippen molar-refractivity contribution in [2.24, 2.45) is 23.5 Å². The molecule has 2 atom stereocenters. The van der Waals surface area contributed by atoms with Crippen LogP contribution in [0.4, 0.5) is 0 Å². The highest BCUT2D eigenvalue weighted by Crippen LogP contribution is 2.54. The maximum absolute atomic E-state index is 9.59. The smallest absolute Gasteiger partial charge is 0.0968 e. The summed E-state index contributed by atoms with van der Waals surface area (Å²) in [7, 11) is 0. The molecule has 0 spiro atoms. The van der Waals surface area contributed by atoms with Crippen LogP contribution >= 0.6 is 0 Å². The van der Waals surface area contributed by atoms with Gasteiger partial charge in [-0.05, 0) is 37.0 Å². The summed E-state index contributed by atoms with van der Waals surface area (Å²) < 4.78 is 0. The van der Waals surface area contributed by atoms with E-state index in [0.29, 0.717) is 5.54 Å². The average molecular weight is 254 g/mol. The minimum absolute atomic E-state index is 0.200. The molecule has 104 valence electrons. The third kappa shape index (κ3) is 2.86. The zero-order valence-corrected chi connectivity index (χ0v) is 11.6. The van der Waals surface area contributed by atoms with Gasteiger partial charge in [-0.2, -0.15) is 0 Å². The van der Waals surface area contributed by atoms with Crippen molar-refractivity contribution in [3.05, 3.63) is 0 Å². The van der Waals surface area contributed by atoms with E-state index in [1.807, 2.05) is 0 Å². The molecule has 0 saturated heterocycles. The predicted molar refractivity (Wildman–Crippen MR) is 67.1 cm³/mol. The van der Waals surface area contributed by atoms with Crippen molar-refractivity contribution in [1.82, 2.24) is 0 Å². The lowest BCUT2D eigenvalue weighted by Gasteiger charge is -2.57. The summed E-state index contributed by atoms with van der Waals surface area (Å²) in [5.74, 6) is 0.516. The zero-order chi connectivity index (χ0) is 13.6. The van der Waals surface area contributed by atoms with Crippen molar-refractivity contribution >= 4 is 5.97 Å². The van der Waals surface area contributed by atoms with E-state index in [1.54, 1.807) is 13.8 Å². The van der Waals surface area contributed by atoms with Crippen LogP contribution in [0.3, 0.4) is 0 Å². The maximum atomic E-state index is 9.59. The molecule has 4 heteroatoms. The fourth-order valence-electron chi connectivity index (χ4n) is 4.53. The second kappa shape index (κ2) is 4.49. The number of carbonyl (C=O) groups excluding carboxylic acids is 1. The van der Waals surface area contributed by atoms with Gasteiger partial charge in [-0.3, -0.25) is 0 Å². The molecule has 18 heavy (non-hydrogen) atoms. The van der Waals surface area contributed by atoms with Gasteiger partial charge in [-0.25, -0.2) is 0 Å². The first kappa shape index (κ1) is 13.8. The summed E-state index contributed by atoms with van der Waals surface area (Å²) in [5.41, 5.74) is 11.3. The summed E-state index contributed by atoms with van der Waals surface area (Å²) in [6, 6.07) is 0. The molecule has 4 saturated carbocycles. The Morgan fingerprint density at radius 2 is 1.72 bits per heavy atom. The van der Waals surface area contributed by atoms with Gasteiger partial charge in [0.25, 0.3) is 0 Å². The Kier molecular flexibility index (Phi) is 3.45. The lowest BCUT2D eigenvalue weighted by Crippen LogP contribution is -2.81. The van der Waals surface area contributed by atoms with E-state index in [4.69, 9.17) is 5.73 Å². The van der Waals surface area contributed by atoms with Crippen molar-refractivity contribution < 1.29 is 15.6 Å². The molecular formula is C14H26N2O2. The number of carboxylic acids is 1. The molecule has 0 aromatic carbocycles. The number of carboxylic acid groups (broad SMARTS) is 1. The molecule has 4 fully saturated rings. The van der Waals surface area contributed by atoms with Gasteiger partial charge in [0, 0.05) is 30.8 Å². The molecule has 0 aromatic heterocycles. The van der Waals surface area contributed by atoms with Gasteiger partial charge in [0.15, 0.2) is 0 Å². The van der Waals surface area contributed by atoms with Crippen LogP contribution in [0.1, 0.15) is 52.4 Å². The SMILES string of the molecule is CC(C)C(=O)[O-].NC12CC3CC(C1)CC([NH3+])(C3)C2. The Balaban J connectivity index is 0.000000174. The second-order valence-corrected chi connectivity index (χ2v) is 7.30. The van der Waals surface area contributed by atoms with E-state index in [2.05, 4.69) is 5.73 Å². The Bertz CT molecular complexity index is 307. The molecule has 0 amide bonds. The molecule has 0 aromatic rings. The van der Waals surface area contributed by atoms with E-state index < -0.39 is 5.97 Å². The number of aliphatic carboxylic acids is 1. The summed E-state index contributed by atoms with van der Waals surface area (Å²) in [6.45, 7) is 3.16. The average Bonchev–Trinajstić information content (AvgIpc) is 2.11. The van der Waals surface area contributed by atoms with Gasteiger partial charge in [-0.15, -0.1) is 0 Å². The van der Waals surface area contributed by atoms with E-state index >= 15 is 0 Å². The highest BCUT2D eigenvalue weighted by molar-refractivity contribution is 5.66. The van der Waals surface area contributed by atoms with Crippen LogP contribution in [0, 0.1) is 17.8 Å². The Morgan fingerprint density at radius 1 is 1.28 bits per heavy atom. The topological polar surface area (TPSA) is 93.8 Å². The highest BCUT2D eigenvalue weighted by Gasteiger charge is 2.56. The third-order valence-electron chi connectivity index (χ3n) is 4.70. The van der Waals surface area contributed by atoms with Crippen LogP contribution in [-0.4, -0.2) is 17.0 Å². The molecule has 5 N–H and O–H groups in total. The number of carbonyl (C=O) groups is 1. The van der Waals surface area contributed by atoms with E-state index in [9.17, 15) is 9.90 Å². The molecular weight excluding hydrogens is 228 g/mol. The van der Waals surface area contributed by atoms with Crippen LogP contribution in [0.15, 0.2) is 0 Å². The zero-order valence-electron chi connectivity index (χ0n) is 11.6. The molecule has 4 rings (SSSR count). The van der Waals surface area contributed by atoms with Crippen molar-refractivity contribution in [3.63, 3.8) is 0 Å². The van der Waals surface area contributed by atoms with E-state index in [0.717, 1.165) is 11.8 Å². The molecule has 4 aliphatic rings. The number of rotatable bonds is 1. The van der Waals surface area contributed by atoms with Crippen LogP contribution < -0.4 is 16.6 Å². The quantitative estimate of drug-likeness (QED) is 0.671. The minimum atomic E-state index is -0.991. The van der Waals surface area contributed by atoms with Gasteiger partial charge < -0.3 is 21.4 Å². The van der Waals surface area contributed by atoms with Crippen molar-refractivity contribution in [2.75, 3.05) is 0 Å². The van der Waals surface area contributed by atoms with Crippen LogP contribution in [0.25, 0.3) is 0 Å². The fraction of sp³-hybridized carbons (Fsp3) is 0.929. The Hall–Kier alpha value is -0.610. The molecule has 0 aliphatic heterocycles. The van der Waals surface area contributed by atoms with Gasteiger partial charge in [0.1, 0.15) is 0 Å². The van der Waals surface area contributed by atoms with Crippen molar-refractivity contribution in [1.29, 1.82) is 0 Å². The summed E-state index contributed by atoms with van der Waals surface area (Å²) in [4.78, 5) is 9.59. The first-order chi connectivity index (χ1) is 8.21. The number of hydrogen-bond acceptors (Lipinski definition) is 3. The Labute approximate surface area is 109 Å². The van der Waals surface area contributed by atoms with Gasteiger partial charge >= 0.3 is 0 Å². The molecule has 0 heterocycles. The Morgan fingerprint density at radius 3 is 2.00 bits per heavy atom. The number of nitrogens with two attached hydrogens (primary N) is 1. The molecule has 2 unspecified atom stereocenters. The normalized spacial score (nSPS) is 44.7. The third-order valence-corrected chi connectivity index (χ3v) is 4.70. The maximum Gasteiger partial charge on any atom is 0.0968 e. The lowest BCUT2D eigenvalue weighted by atomic mass is 9.50. The molecule has 4 nitrogen and oxygen atoms in total. The minimum Gasteiger partial charge on any atom is -0.550 e. The van der Waals surface area contributed by atoms with Crippen LogP contribution in [-0.2, 0) is 4.79 Å². The van der Waals surface area contributed by atoms with Crippen molar-refractivity contribution in [2.45, 2.75) is 63.5 Å². The highest BCUT2D eigenvalue weighted by atomic mass is 16.4. The van der Waals surface area contributed by atoms with Gasteiger partial charge in [0.2, 0.25) is 0 Å². The fourth-order valence-corrected chi connectivity index (χ4v) is 4.53. The molecule has 4 bridgehead atoms. The van der Waals surface area contributed by atoms with Crippen LogP contribution in [0.2, 0.25) is 0 Å². The van der Waals surface area contributed by atoms with Crippen LogP contribution in [0.5, 0.6) is 0 Å². The molecule has 0 radical (unpaired) electrons. The number of hydrogen-bond donors (Lipinski definition) is 2. The second-order valence-electron chi connectivity index (χ2n) is 7.30. The van der Waals surface area contributed by atoms with Gasteiger partial charge in [0.05, 0.1) is 5.54 Å². The van der Waals surface area contributed by atoms with Crippen molar-refractivity contribution in [3.8, 4) is 0 Å². The van der Waals surface area contributed by atoms with Gasteiger partial charge in [-0.1, -0.05) is 13.8 Å². The summed E-state index contributed by atoms with van der Waals surface area (Å²) in [6.07, 6.45) is 7.97. The molecule has 4 aliphatic carbocycles. The largest absolute Gasteiger partial charge is 0.550 e. The first-order valence-corrected chi connectivity index (χ1v) is 7.06. The van der Waals surface area contributed by atoms with E-state index in [1.165, 1.54) is 38.5 Å². The summed E-state index contributed by atoms with van der Waals surface area (Å²) >= 11 is 0. The predicted octanol–water partition coefficient (Wildman–Crippen LogP) is -0.329.